The Morgan fingerprint density at radius 3 is 2.32 bits per heavy atom. The first-order chi connectivity index (χ1) is 14.5. The maximum atomic E-state index is 12.6. The van der Waals surface area contributed by atoms with Gasteiger partial charge in [0.15, 0.2) is 6.10 Å². The minimum absolute atomic E-state index is 0.259. The molecule has 0 radical (unpaired) electrons. The van der Waals surface area contributed by atoms with Gasteiger partial charge in [-0.05, 0) is 37.8 Å². The molecular formula is C22H29F3N2O4. The molecule has 0 spiro atoms. The minimum Gasteiger partial charge on any atom is -0.481 e. The van der Waals surface area contributed by atoms with E-state index in [1.165, 1.54) is 4.90 Å². The Kier molecular flexibility index (Phi) is 6.83. The van der Waals surface area contributed by atoms with Gasteiger partial charge in [-0.15, -0.1) is 0 Å². The second-order valence-electron chi connectivity index (χ2n) is 8.59. The van der Waals surface area contributed by atoms with Gasteiger partial charge in [-0.1, -0.05) is 36.6 Å². The van der Waals surface area contributed by atoms with E-state index in [9.17, 15) is 27.9 Å². The predicted molar refractivity (Wildman–Crippen MR) is 108 cm³/mol. The Balaban J connectivity index is 1.66. The third-order valence-corrected chi connectivity index (χ3v) is 6.41. The fourth-order valence-corrected chi connectivity index (χ4v) is 4.47. The van der Waals surface area contributed by atoms with Crippen LogP contribution in [-0.2, 0) is 21.5 Å². The number of alkyl halides is 3. The second-order valence-corrected chi connectivity index (χ2v) is 8.59. The average Bonchev–Trinajstić information content (AvgIpc) is 3.20. The highest BCUT2D eigenvalue weighted by atomic mass is 19.4. The number of piperazine rings is 1. The van der Waals surface area contributed by atoms with Gasteiger partial charge in [-0.25, -0.2) is 4.79 Å². The van der Waals surface area contributed by atoms with Gasteiger partial charge >= 0.3 is 18.2 Å². The summed E-state index contributed by atoms with van der Waals surface area (Å²) in [5.74, 6) is -0.789. The molecule has 0 aromatic heterocycles. The van der Waals surface area contributed by atoms with Crippen molar-refractivity contribution in [2.45, 2.75) is 63.8 Å². The summed E-state index contributed by atoms with van der Waals surface area (Å²) >= 11 is 0. The quantitative estimate of drug-likeness (QED) is 0.744. The van der Waals surface area contributed by atoms with Gasteiger partial charge in [0, 0.05) is 32.7 Å². The Morgan fingerprint density at radius 2 is 1.77 bits per heavy atom. The number of aliphatic carboxylic acids is 1. The molecule has 1 saturated carbocycles. The average molecular weight is 442 g/mol. The van der Waals surface area contributed by atoms with E-state index in [2.05, 4.69) is 9.64 Å². The third-order valence-electron chi connectivity index (χ3n) is 6.41. The number of hydrogen-bond donors (Lipinski definition) is 1. The standard InChI is InChI=1S/C22H29F3N2O4/c1-15-5-6-17(18(13-15)21(19(28)29)7-3-4-8-21)14-26-9-11-27(12-10-26)20(30)31-16(2)22(23,24)25/h5-6,13,16H,3-4,7-12,14H2,1-2H3,(H,28,29). The number of ether oxygens (including phenoxy) is 1. The maximum Gasteiger partial charge on any atom is 0.425 e. The number of carboxylic acids is 1. The number of carbonyl (C=O) groups excluding carboxylic acids is 1. The molecule has 9 heteroatoms. The van der Waals surface area contributed by atoms with Crippen LogP contribution in [0.1, 0.15) is 49.3 Å². The summed E-state index contributed by atoms with van der Waals surface area (Å²) in [6.45, 7) is 4.76. The Bertz CT molecular complexity index is 813. The van der Waals surface area contributed by atoms with Crippen LogP contribution in [0.15, 0.2) is 18.2 Å². The van der Waals surface area contributed by atoms with E-state index in [-0.39, 0.29) is 13.1 Å². The second kappa shape index (κ2) is 9.06. The van der Waals surface area contributed by atoms with Crippen molar-refractivity contribution in [1.29, 1.82) is 0 Å². The molecule has 1 saturated heterocycles. The van der Waals surface area contributed by atoms with Crippen molar-refractivity contribution in [3.63, 3.8) is 0 Å². The maximum absolute atomic E-state index is 12.6. The molecule has 1 aliphatic carbocycles. The SMILES string of the molecule is Cc1ccc(CN2CCN(C(=O)OC(C)C(F)(F)F)CC2)c(C2(C(=O)O)CCCC2)c1. The Morgan fingerprint density at radius 1 is 1.16 bits per heavy atom. The zero-order valence-electron chi connectivity index (χ0n) is 17.9. The van der Waals surface area contributed by atoms with Gasteiger partial charge in [0.25, 0.3) is 0 Å². The van der Waals surface area contributed by atoms with Crippen molar-refractivity contribution >= 4 is 12.1 Å². The molecule has 1 N–H and O–H groups in total. The summed E-state index contributed by atoms with van der Waals surface area (Å²) in [6, 6.07) is 5.91. The normalized spacial score (nSPS) is 20.5. The number of halogens is 3. The fraction of sp³-hybridized carbons (Fsp3) is 0.636. The smallest absolute Gasteiger partial charge is 0.425 e. The molecule has 1 amide bonds. The molecule has 6 nitrogen and oxygen atoms in total. The lowest BCUT2D eigenvalue weighted by Crippen LogP contribution is -2.50. The number of hydrogen-bond acceptors (Lipinski definition) is 4. The third kappa shape index (κ3) is 5.14. The molecule has 31 heavy (non-hydrogen) atoms. The summed E-state index contributed by atoms with van der Waals surface area (Å²) in [5.41, 5.74) is 1.97. The van der Waals surface area contributed by atoms with Gasteiger partial charge in [-0.2, -0.15) is 13.2 Å². The molecule has 1 aromatic carbocycles. The van der Waals surface area contributed by atoms with E-state index in [0.717, 1.165) is 36.5 Å². The van der Waals surface area contributed by atoms with E-state index >= 15 is 0 Å². The molecule has 2 aliphatic rings. The van der Waals surface area contributed by atoms with Crippen molar-refractivity contribution in [1.82, 2.24) is 9.80 Å². The largest absolute Gasteiger partial charge is 0.481 e. The van der Waals surface area contributed by atoms with Gasteiger partial charge < -0.3 is 14.7 Å². The van der Waals surface area contributed by atoms with Crippen LogP contribution in [0.25, 0.3) is 0 Å². The van der Waals surface area contributed by atoms with Crippen LogP contribution in [0.2, 0.25) is 0 Å². The zero-order chi connectivity index (χ0) is 22.8. The Hall–Kier alpha value is -2.29. The lowest BCUT2D eigenvalue weighted by Gasteiger charge is -2.36. The summed E-state index contributed by atoms with van der Waals surface area (Å²) in [4.78, 5) is 27.6. The van der Waals surface area contributed by atoms with Crippen LogP contribution in [0.5, 0.6) is 0 Å². The van der Waals surface area contributed by atoms with Gasteiger partial charge in [0.05, 0.1) is 5.41 Å². The topological polar surface area (TPSA) is 70.1 Å². The molecular weight excluding hydrogens is 413 g/mol. The predicted octanol–water partition coefficient (Wildman–Crippen LogP) is 4.10. The monoisotopic (exact) mass is 442 g/mol. The summed E-state index contributed by atoms with van der Waals surface area (Å²) in [6.07, 6.45) is -4.68. The van der Waals surface area contributed by atoms with Crippen molar-refractivity contribution < 1.29 is 32.6 Å². The van der Waals surface area contributed by atoms with E-state index in [0.29, 0.717) is 32.5 Å². The number of benzene rings is 1. The molecule has 1 aliphatic heterocycles. The highest BCUT2D eigenvalue weighted by molar-refractivity contribution is 5.82. The van der Waals surface area contributed by atoms with E-state index < -0.39 is 29.8 Å². The summed E-state index contributed by atoms with van der Waals surface area (Å²) in [5, 5.41) is 10.0. The van der Waals surface area contributed by atoms with Crippen LogP contribution in [-0.4, -0.2) is 65.4 Å². The van der Waals surface area contributed by atoms with Crippen LogP contribution >= 0.6 is 0 Å². The fourth-order valence-electron chi connectivity index (χ4n) is 4.47. The highest BCUT2D eigenvalue weighted by Gasteiger charge is 2.44. The van der Waals surface area contributed by atoms with Gasteiger partial charge in [0.1, 0.15) is 0 Å². The molecule has 1 unspecified atom stereocenters. The molecule has 0 bridgehead atoms. The lowest BCUT2D eigenvalue weighted by molar-refractivity contribution is -0.200. The molecule has 172 valence electrons. The van der Waals surface area contributed by atoms with Crippen LogP contribution < -0.4 is 0 Å². The minimum atomic E-state index is -4.58. The van der Waals surface area contributed by atoms with Crippen molar-refractivity contribution in [2.75, 3.05) is 26.2 Å². The first-order valence-corrected chi connectivity index (χ1v) is 10.6. The first-order valence-electron chi connectivity index (χ1n) is 10.6. The Labute approximate surface area is 180 Å². The van der Waals surface area contributed by atoms with E-state index in [1.54, 1.807) is 0 Å². The van der Waals surface area contributed by atoms with Crippen molar-refractivity contribution in [2.24, 2.45) is 0 Å². The molecule has 1 aromatic rings. The summed E-state index contributed by atoms with van der Waals surface area (Å²) < 4.78 is 42.4. The van der Waals surface area contributed by atoms with Gasteiger partial charge in [-0.3, -0.25) is 9.69 Å². The number of amides is 1. The van der Waals surface area contributed by atoms with Crippen molar-refractivity contribution in [3.05, 3.63) is 34.9 Å². The number of aryl methyl sites for hydroxylation is 1. The van der Waals surface area contributed by atoms with Crippen LogP contribution in [0.4, 0.5) is 18.0 Å². The van der Waals surface area contributed by atoms with Crippen LogP contribution in [0.3, 0.4) is 0 Å². The molecule has 2 fully saturated rings. The lowest BCUT2D eigenvalue weighted by atomic mass is 9.76. The summed E-state index contributed by atoms with van der Waals surface area (Å²) in [7, 11) is 0. The van der Waals surface area contributed by atoms with E-state index in [1.807, 2.05) is 25.1 Å². The van der Waals surface area contributed by atoms with E-state index in [4.69, 9.17) is 0 Å². The van der Waals surface area contributed by atoms with Crippen molar-refractivity contribution in [3.8, 4) is 0 Å². The molecule has 1 heterocycles. The first kappa shape index (κ1) is 23.4. The number of rotatable bonds is 5. The number of carbonyl (C=O) groups is 2. The molecule has 3 rings (SSSR count). The van der Waals surface area contributed by atoms with Crippen LogP contribution in [0, 0.1) is 6.92 Å². The number of carboxylic acid groups (broad SMARTS) is 1. The highest BCUT2D eigenvalue weighted by Crippen LogP contribution is 2.43. The van der Waals surface area contributed by atoms with Gasteiger partial charge in [0.2, 0.25) is 0 Å². The number of nitrogens with zero attached hydrogens (tertiary/aromatic N) is 2. The zero-order valence-corrected chi connectivity index (χ0v) is 17.9. The molecule has 1 atom stereocenters.